The van der Waals surface area contributed by atoms with Crippen molar-refractivity contribution in [3.8, 4) is 17.0 Å². The second-order valence-corrected chi connectivity index (χ2v) is 8.76. The quantitative estimate of drug-likeness (QED) is 0.451. The van der Waals surface area contributed by atoms with Crippen LogP contribution in [0.15, 0.2) is 54.7 Å². The summed E-state index contributed by atoms with van der Waals surface area (Å²) in [6.45, 7) is -0.463. The molecule has 3 aromatic rings. The fourth-order valence-corrected chi connectivity index (χ4v) is 4.94. The summed E-state index contributed by atoms with van der Waals surface area (Å²) in [5, 5.41) is 8.92. The zero-order valence-corrected chi connectivity index (χ0v) is 18.9. The number of rotatable bonds is 7. The lowest BCUT2D eigenvalue weighted by Crippen LogP contribution is -2.33. The molecule has 1 aliphatic rings. The zero-order chi connectivity index (χ0) is 23.5. The number of anilines is 1. The average molecular weight is 491 g/mol. The lowest BCUT2D eigenvalue weighted by molar-refractivity contribution is -0.139. The highest BCUT2D eigenvalue weighted by molar-refractivity contribution is 7.80. The van der Waals surface area contributed by atoms with Gasteiger partial charge in [0.15, 0.2) is 6.61 Å². The van der Waals surface area contributed by atoms with Gasteiger partial charge in [-0.25, -0.2) is 13.4 Å². The Morgan fingerprint density at radius 3 is 2.76 bits per heavy atom. The van der Waals surface area contributed by atoms with Crippen LogP contribution < -0.4 is 9.04 Å². The van der Waals surface area contributed by atoms with Crippen LogP contribution in [0.4, 0.5) is 10.1 Å². The first-order chi connectivity index (χ1) is 15.8. The molecule has 10 heteroatoms. The third-order valence-corrected chi connectivity index (χ3v) is 6.54. The van der Waals surface area contributed by atoms with Gasteiger partial charge in [0.05, 0.1) is 28.6 Å². The minimum absolute atomic E-state index is 0.0174. The number of hydrogen-bond acceptors (Lipinski definition) is 4. The molecule has 0 spiro atoms. The zero-order valence-electron chi connectivity index (χ0n) is 17.3. The van der Waals surface area contributed by atoms with Crippen molar-refractivity contribution in [1.29, 1.82) is 0 Å². The summed E-state index contributed by atoms with van der Waals surface area (Å²) in [6.07, 6.45) is 3.52. The van der Waals surface area contributed by atoms with Crippen LogP contribution in [0.5, 0.6) is 5.75 Å². The van der Waals surface area contributed by atoms with E-state index < -0.39 is 35.7 Å². The van der Waals surface area contributed by atoms with Gasteiger partial charge in [0, 0.05) is 5.56 Å². The van der Waals surface area contributed by atoms with Crippen molar-refractivity contribution in [2.24, 2.45) is 0 Å². The lowest BCUT2D eigenvalue weighted by atomic mass is 9.87. The molecule has 0 radical (unpaired) electrons. The van der Waals surface area contributed by atoms with Crippen LogP contribution in [0.1, 0.15) is 30.0 Å². The van der Waals surface area contributed by atoms with Gasteiger partial charge in [-0.2, -0.15) is 0 Å². The van der Waals surface area contributed by atoms with E-state index in [4.69, 9.17) is 21.4 Å². The van der Waals surface area contributed by atoms with E-state index in [2.05, 4.69) is 4.98 Å². The minimum atomic E-state index is -2.35. The lowest BCUT2D eigenvalue weighted by Gasteiger charge is -2.34. The molecular formula is C23H20ClFN2O5S. The standard InChI is InChI=1S/C23H20ClFN2O5S/c24-18-11-14(7-9-19(18)25)20-10-8-15(12-26-20)27(33(30)31)21-5-1-4-17-16(21)3-2-6-22(17)32-13-23(28)29/h2-3,6-12,21H,1,4-5,13H2,(H,28,29)(H,30,31). The summed E-state index contributed by atoms with van der Waals surface area (Å²) in [5.74, 6) is -1.14. The normalized spacial score (nSPS) is 16.0. The van der Waals surface area contributed by atoms with Gasteiger partial charge in [-0.15, -0.1) is 0 Å². The first kappa shape index (κ1) is 23.2. The number of ether oxygens (including phenoxy) is 1. The van der Waals surface area contributed by atoms with Crippen LogP contribution >= 0.6 is 11.6 Å². The Hall–Kier alpha value is -3.01. The molecule has 2 N–H and O–H groups in total. The Labute approximate surface area is 197 Å². The molecule has 0 bridgehead atoms. The first-order valence-corrected chi connectivity index (χ1v) is 11.6. The maximum Gasteiger partial charge on any atom is 0.341 e. The largest absolute Gasteiger partial charge is 0.482 e. The van der Waals surface area contributed by atoms with Crippen LogP contribution in [-0.4, -0.2) is 31.4 Å². The Morgan fingerprint density at radius 1 is 1.27 bits per heavy atom. The number of carboxylic acids is 1. The van der Waals surface area contributed by atoms with Crippen molar-refractivity contribution in [3.05, 3.63) is 76.7 Å². The van der Waals surface area contributed by atoms with E-state index in [1.165, 1.54) is 22.6 Å². The molecule has 7 nitrogen and oxygen atoms in total. The molecule has 2 unspecified atom stereocenters. The van der Waals surface area contributed by atoms with Gasteiger partial charge in [0.2, 0.25) is 0 Å². The Kier molecular flexibility index (Phi) is 6.92. The molecule has 2 atom stereocenters. The van der Waals surface area contributed by atoms with Crippen LogP contribution in [0, 0.1) is 5.82 Å². The molecule has 0 fully saturated rings. The smallest absolute Gasteiger partial charge is 0.341 e. The second kappa shape index (κ2) is 9.86. The van der Waals surface area contributed by atoms with Gasteiger partial charge in [0.25, 0.3) is 11.3 Å². The highest BCUT2D eigenvalue weighted by atomic mass is 35.5. The van der Waals surface area contributed by atoms with E-state index in [1.807, 2.05) is 6.07 Å². The maximum absolute atomic E-state index is 13.5. The number of carbonyl (C=O) groups is 1. The summed E-state index contributed by atoms with van der Waals surface area (Å²) in [4.78, 5) is 15.3. The number of pyridine rings is 1. The van der Waals surface area contributed by atoms with Gasteiger partial charge in [-0.3, -0.25) is 13.8 Å². The maximum atomic E-state index is 13.5. The van der Waals surface area contributed by atoms with Gasteiger partial charge in [0.1, 0.15) is 11.6 Å². The number of carboxylic acid groups (broad SMARTS) is 1. The predicted octanol–water partition coefficient (Wildman–Crippen LogP) is 5.03. The Morgan fingerprint density at radius 2 is 2.09 bits per heavy atom. The SMILES string of the molecule is O=C(O)COc1cccc2c1CCCC2N(c1ccc(-c2ccc(F)c(Cl)c2)nc1)S(=O)O. The van der Waals surface area contributed by atoms with Crippen molar-refractivity contribution >= 4 is 34.5 Å². The van der Waals surface area contributed by atoms with Crippen LogP contribution in [0.3, 0.4) is 0 Å². The molecule has 33 heavy (non-hydrogen) atoms. The van der Waals surface area contributed by atoms with Crippen molar-refractivity contribution in [3.63, 3.8) is 0 Å². The third kappa shape index (κ3) is 5.00. The van der Waals surface area contributed by atoms with Crippen LogP contribution in [0.2, 0.25) is 5.02 Å². The van der Waals surface area contributed by atoms with Gasteiger partial charge < -0.3 is 9.84 Å². The van der Waals surface area contributed by atoms with Crippen molar-refractivity contribution < 1.29 is 27.8 Å². The topological polar surface area (TPSA) is 100.0 Å². The van der Waals surface area contributed by atoms with Crippen molar-refractivity contribution in [2.75, 3.05) is 10.9 Å². The molecule has 4 rings (SSSR count). The van der Waals surface area contributed by atoms with E-state index in [0.29, 0.717) is 35.5 Å². The fourth-order valence-electron chi connectivity index (χ4n) is 4.03. The van der Waals surface area contributed by atoms with E-state index in [1.54, 1.807) is 30.3 Å². The molecule has 1 heterocycles. The molecule has 0 saturated carbocycles. The number of fused-ring (bicyclic) bond motifs is 1. The number of benzene rings is 2. The molecule has 172 valence electrons. The summed E-state index contributed by atoms with van der Waals surface area (Å²) in [6, 6.07) is 12.5. The molecule has 2 aromatic carbocycles. The molecule has 1 aromatic heterocycles. The van der Waals surface area contributed by atoms with E-state index in [0.717, 1.165) is 17.5 Å². The van der Waals surface area contributed by atoms with Crippen molar-refractivity contribution in [1.82, 2.24) is 4.98 Å². The highest BCUT2D eigenvalue weighted by Gasteiger charge is 2.31. The molecular weight excluding hydrogens is 471 g/mol. The van der Waals surface area contributed by atoms with Crippen LogP contribution in [-0.2, 0) is 22.5 Å². The summed E-state index contributed by atoms with van der Waals surface area (Å²) in [5.41, 5.74) is 3.23. The van der Waals surface area contributed by atoms with E-state index >= 15 is 0 Å². The number of hydrogen-bond donors (Lipinski definition) is 2. The van der Waals surface area contributed by atoms with Crippen molar-refractivity contribution in [2.45, 2.75) is 25.3 Å². The minimum Gasteiger partial charge on any atom is -0.482 e. The number of aromatic nitrogens is 1. The third-order valence-electron chi connectivity index (χ3n) is 5.45. The molecule has 0 aliphatic heterocycles. The monoisotopic (exact) mass is 490 g/mol. The Balaban J connectivity index is 1.66. The number of aliphatic carboxylic acids is 1. The predicted molar refractivity (Wildman–Crippen MR) is 123 cm³/mol. The summed E-state index contributed by atoms with van der Waals surface area (Å²) in [7, 11) is 0. The summed E-state index contributed by atoms with van der Waals surface area (Å²) < 4.78 is 42.8. The molecule has 1 aliphatic carbocycles. The van der Waals surface area contributed by atoms with E-state index in [9.17, 15) is 17.9 Å². The van der Waals surface area contributed by atoms with Crippen LogP contribution in [0.25, 0.3) is 11.3 Å². The molecule has 0 saturated heterocycles. The highest BCUT2D eigenvalue weighted by Crippen LogP contribution is 2.41. The van der Waals surface area contributed by atoms with E-state index in [-0.39, 0.29) is 5.02 Å². The fraction of sp³-hybridized carbons (Fsp3) is 0.217. The average Bonchev–Trinajstić information content (AvgIpc) is 2.80. The van der Waals surface area contributed by atoms with Gasteiger partial charge >= 0.3 is 5.97 Å². The second-order valence-electron chi connectivity index (χ2n) is 7.50. The number of nitrogens with zero attached hydrogens (tertiary/aromatic N) is 2. The Bertz CT molecular complexity index is 1210. The molecule has 0 amide bonds. The van der Waals surface area contributed by atoms with Gasteiger partial charge in [-0.1, -0.05) is 23.7 Å². The number of halogens is 2. The van der Waals surface area contributed by atoms with Gasteiger partial charge in [-0.05, 0) is 66.8 Å². The summed E-state index contributed by atoms with van der Waals surface area (Å²) >= 11 is 3.51. The first-order valence-electron chi connectivity index (χ1n) is 10.1.